The monoisotopic (exact) mass is 490 g/mol. The topological polar surface area (TPSA) is 57.5 Å². The summed E-state index contributed by atoms with van der Waals surface area (Å²) < 4.78 is 4.63. The maximum absolute atomic E-state index is 10.2. The van der Waals surface area contributed by atoms with E-state index in [-0.39, 0.29) is 11.3 Å². The van der Waals surface area contributed by atoms with Gasteiger partial charge in [-0.15, -0.1) is 0 Å². The minimum absolute atomic E-state index is 0.0741. The van der Waals surface area contributed by atoms with Gasteiger partial charge in [-0.3, -0.25) is 0 Å². The van der Waals surface area contributed by atoms with E-state index in [9.17, 15) is 4.79 Å². The van der Waals surface area contributed by atoms with Gasteiger partial charge in [0.1, 0.15) is 5.75 Å². The van der Waals surface area contributed by atoms with E-state index in [1.165, 1.54) is 24.3 Å². The summed E-state index contributed by atoms with van der Waals surface area (Å²) in [6, 6.07) is 38.4. The van der Waals surface area contributed by atoms with E-state index in [0.717, 1.165) is 0 Å². The van der Waals surface area contributed by atoms with E-state index < -0.39 is 25.7 Å². The van der Waals surface area contributed by atoms with Gasteiger partial charge >= 0.3 is 127 Å². The average molecular weight is 489 g/mol. The molecule has 0 heterocycles. The summed E-state index contributed by atoms with van der Waals surface area (Å²) in [4.78, 5) is 10.2. The Morgan fingerprint density at radius 2 is 0.897 bits per heavy atom. The number of rotatable bonds is 4. The van der Waals surface area contributed by atoms with Gasteiger partial charge in [0.15, 0.2) is 0 Å². The van der Waals surface area contributed by atoms with Crippen molar-refractivity contribution in [3.63, 3.8) is 0 Å². The molecule has 4 aromatic carbocycles. The van der Waals surface area contributed by atoms with Crippen LogP contribution < -0.4 is 10.7 Å². The van der Waals surface area contributed by atoms with Crippen molar-refractivity contribution in [2.24, 2.45) is 0 Å². The van der Waals surface area contributed by atoms with Crippen LogP contribution in [0.15, 0.2) is 115 Å². The van der Waals surface area contributed by atoms with Gasteiger partial charge in [0.05, 0.1) is 5.56 Å². The Kier molecular flexibility index (Phi) is 7.47. The molecule has 0 saturated carbocycles. The van der Waals surface area contributed by atoms with Crippen LogP contribution in [0.1, 0.15) is 10.4 Å². The van der Waals surface area contributed by atoms with Crippen LogP contribution in [0.25, 0.3) is 0 Å². The fourth-order valence-electron chi connectivity index (χ4n) is 3.12. The van der Waals surface area contributed by atoms with E-state index in [1.54, 1.807) is 10.7 Å². The molecule has 4 heteroatoms. The number of carboxylic acid groups (broad SMARTS) is 1. The number of phenolic OH excluding ortho intramolecular Hbond substituents is 1. The molecular formula is C25H22O3Sn. The number of carboxylic acids is 1. The third kappa shape index (κ3) is 5.96. The third-order valence-electron chi connectivity index (χ3n) is 4.51. The second kappa shape index (κ2) is 10.5. The average Bonchev–Trinajstić information content (AvgIpc) is 2.77. The molecule has 2 N–H and O–H groups in total. The van der Waals surface area contributed by atoms with Crippen LogP contribution in [-0.2, 0) is 0 Å². The summed E-state index contributed by atoms with van der Waals surface area (Å²) in [5.74, 6) is -0.912. The molecule has 0 amide bonds. The number of benzene rings is 4. The molecule has 144 valence electrons. The molecule has 0 aliphatic rings. The SMILES string of the molecule is O=C(O)c1ccc(O)cc1.c1cc[c]([SnH]([c]2ccccc2)[c]2ccccc2)cc1. The van der Waals surface area contributed by atoms with Crippen LogP contribution in [-0.4, -0.2) is 35.9 Å². The molecule has 0 bridgehead atoms. The molecule has 29 heavy (non-hydrogen) atoms. The first kappa shape index (κ1) is 20.7. The Hall–Kier alpha value is -3.05. The molecule has 0 aliphatic carbocycles. The molecule has 4 aromatic rings. The molecule has 0 fully saturated rings. The van der Waals surface area contributed by atoms with Crippen molar-refractivity contribution in [2.45, 2.75) is 0 Å². The Morgan fingerprint density at radius 1 is 0.552 bits per heavy atom. The van der Waals surface area contributed by atoms with Crippen molar-refractivity contribution >= 4 is 36.5 Å². The number of aromatic hydroxyl groups is 1. The second-order valence-electron chi connectivity index (χ2n) is 6.52. The van der Waals surface area contributed by atoms with E-state index in [1.807, 2.05) is 0 Å². The van der Waals surface area contributed by atoms with Crippen molar-refractivity contribution in [1.82, 2.24) is 0 Å². The van der Waals surface area contributed by atoms with Gasteiger partial charge in [-0.2, -0.15) is 0 Å². The van der Waals surface area contributed by atoms with Gasteiger partial charge in [0, 0.05) is 0 Å². The second-order valence-corrected chi connectivity index (χ2v) is 14.7. The van der Waals surface area contributed by atoms with Crippen molar-refractivity contribution in [3.8, 4) is 5.75 Å². The van der Waals surface area contributed by atoms with E-state index in [4.69, 9.17) is 10.2 Å². The molecule has 3 nitrogen and oxygen atoms in total. The predicted molar refractivity (Wildman–Crippen MR) is 120 cm³/mol. The molecule has 0 unspecified atom stereocenters. The standard InChI is InChI=1S/C7H6O3.3C6H5.Sn.H/c8-6-3-1-5(2-4-6)7(9)10;3*1-2-4-6-5-3-1;;/h1-4,8H,(H,9,10);3*1-5H;;. The van der Waals surface area contributed by atoms with E-state index in [0.29, 0.717) is 0 Å². The molecule has 0 atom stereocenters. The van der Waals surface area contributed by atoms with Gasteiger partial charge < -0.3 is 10.2 Å². The minimum atomic E-state index is -2.14. The Bertz CT molecular complexity index is 924. The molecule has 0 aliphatic heterocycles. The Labute approximate surface area is 177 Å². The van der Waals surface area contributed by atoms with Gasteiger partial charge in [-0.25, -0.2) is 4.79 Å². The number of hydrogen-bond donors (Lipinski definition) is 2. The fraction of sp³-hybridized carbons (Fsp3) is 0. The first-order valence-corrected chi connectivity index (χ1v) is 14.3. The molecule has 0 spiro atoms. The van der Waals surface area contributed by atoms with Gasteiger partial charge in [0.2, 0.25) is 0 Å². The summed E-state index contributed by atoms with van der Waals surface area (Å²) in [6.07, 6.45) is 0. The quantitative estimate of drug-likeness (QED) is 0.434. The van der Waals surface area contributed by atoms with Crippen molar-refractivity contribution in [2.75, 3.05) is 0 Å². The number of aromatic carboxylic acids is 1. The molecular weight excluding hydrogens is 467 g/mol. The number of hydrogen-bond acceptors (Lipinski definition) is 2. The summed E-state index contributed by atoms with van der Waals surface area (Å²) in [5.41, 5.74) is 0.179. The van der Waals surface area contributed by atoms with Crippen LogP contribution in [0.2, 0.25) is 0 Å². The van der Waals surface area contributed by atoms with Crippen LogP contribution in [0.5, 0.6) is 5.75 Å². The summed E-state index contributed by atoms with van der Waals surface area (Å²) in [5, 5.41) is 17.1. The zero-order chi connectivity index (χ0) is 20.5. The summed E-state index contributed by atoms with van der Waals surface area (Å²) in [7, 11) is 0. The molecule has 4 rings (SSSR count). The van der Waals surface area contributed by atoms with Gasteiger partial charge in [0.25, 0.3) is 0 Å². The maximum atomic E-state index is 10.2. The van der Waals surface area contributed by atoms with Crippen LogP contribution >= 0.6 is 0 Å². The summed E-state index contributed by atoms with van der Waals surface area (Å²) >= 11 is -2.14. The van der Waals surface area contributed by atoms with Gasteiger partial charge in [-0.05, 0) is 24.3 Å². The van der Waals surface area contributed by atoms with Crippen LogP contribution in [0.3, 0.4) is 0 Å². The van der Waals surface area contributed by atoms with Crippen LogP contribution in [0, 0.1) is 0 Å². The Morgan fingerprint density at radius 3 is 1.21 bits per heavy atom. The zero-order valence-corrected chi connectivity index (χ0v) is 19.1. The van der Waals surface area contributed by atoms with Crippen molar-refractivity contribution in [3.05, 3.63) is 121 Å². The third-order valence-corrected chi connectivity index (χ3v) is 13.5. The van der Waals surface area contributed by atoms with Crippen LogP contribution in [0.4, 0.5) is 0 Å². The van der Waals surface area contributed by atoms with E-state index >= 15 is 0 Å². The Balaban J connectivity index is 0.000000204. The molecule has 0 saturated heterocycles. The first-order chi connectivity index (χ1) is 14.1. The fourth-order valence-corrected chi connectivity index (χ4v) is 11.6. The molecule has 0 radical (unpaired) electrons. The van der Waals surface area contributed by atoms with E-state index in [2.05, 4.69) is 91.0 Å². The number of phenols is 1. The predicted octanol–water partition coefficient (Wildman–Crippen LogP) is 3.03. The van der Waals surface area contributed by atoms with Crippen molar-refractivity contribution < 1.29 is 15.0 Å². The first-order valence-electron chi connectivity index (χ1n) is 9.32. The van der Waals surface area contributed by atoms with Gasteiger partial charge in [-0.1, -0.05) is 0 Å². The zero-order valence-electron chi connectivity index (χ0n) is 15.8. The normalized spacial score (nSPS) is 10.1. The molecule has 0 aromatic heterocycles. The van der Waals surface area contributed by atoms with Crippen molar-refractivity contribution in [1.29, 1.82) is 0 Å². The number of carbonyl (C=O) groups is 1. The summed E-state index contributed by atoms with van der Waals surface area (Å²) in [6.45, 7) is 0.